The number of halogens is 1. The standard InChI is InChI=1S/C24H35N5O.HI/c1-19-11-14-28(17-22(19)29-15-13-26-18-29)24(25-2)27-12-6-16-30-23-10-5-8-20-7-3-4-9-21(20)23;/h3-4,7,9,13,15,18-19,22-23H,5-6,8,10-12,14,16-17H2,1-2H3,(H,25,27);1H. The number of ether oxygens (including phenoxy) is 1. The molecule has 0 spiro atoms. The van der Waals surface area contributed by atoms with E-state index in [2.05, 4.69) is 62.1 Å². The number of aliphatic imine (C=N–C) groups is 1. The Hall–Kier alpha value is -1.61. The highest BCUT2D eigenvalue weighted by Crippen LogP contribution is 2.32. The minimum atomic E-state index is 0. The van der Waals surface area contributed by atoms with Gasteiger partial charge in [0, 0.05) is 45.7 Å². The molecule has 3 atom stereocenters. The molecule has 1 N–H and O–H groups in total. The van der Waals surface area contributed by atoms with Gasteiger partial charge in [0.05, 0.1) is 18.5 Å². The smallest absolute Gasteiger partial charge is 0.193 e. The van der Waals surface area contributed by atoms with Crippen LogP contribution in [0.2, 0.25) is 0 Å². The van der Waals surface area contributed by atoms with Crippen molar-refractivity contribution in [2.24, 2.45) is 10.9 Å². The van der Waals surface area contributed by atoms with Gasteiger partial charge < -0.3 is 19.5 Å². The zero-order chi connectivity index (χ0) is 20.8. The number of rotatable bonds is 6. The van der Waals surface area contributed by atoms with Gasteiger partial charge >= 0.3 is 0 Å². The van der Waals surface area contributed by atoms with Crippen LogP contribution in [0.4, 0.5) is 0 Å². The number of hydrogen-bond donors (Lipinski definition) is 1. The Kier molecular flexibility index (Phi) is 9.19. The molecule has 31 heavy (non-hydrogen) atoms. The Bertz CT molecular complexity index is 825. The molecule has 1 aliphatic heterocycles. The summed E-state index contributed by atoms with van der Waals surface area (Å²) in [5.41, 5.74) is 2.85. The predicted octanol–water partition coefficient (Wildman–Crippen LogP) is 4.44. The van der Waals surface area contributed by atoms with Crippen molar-refractivity contribution in [1.82, 2.24) is 19.8 Å². The summed E-state index contributed by atoms with van der Waals surface area (Å²) in [4.78, 5) is 11.1. The molecule has 170 valence electrons. The SMILES string of the molecule is CN=C(NCCCOC1CCCc2ccccc21)N1CCC(C)C(n2ccnc2)C1.I. The molecule has 7 heteroatoms. The monoisotopic (exact) mass is 537 g/mol. The number of guanidine groups is 1. The van der Waals surface area contributed by atoms with Crippen molar-refractivity contribution in [3.63, 3.8) is 0 Å². The van der Waals surface area contributed by atoms with Crippen LogP contribution in [0.1, 0.15) is 55.9 Å². The van der Waals surface area contributed by atoms with Gasteiger partial charge in [-0.3, -0.25) is 4.99 Å². The normalized spacial score (nSPS) is 23.7. The number of hydrogen-bond acceptors (Lipinski definition) is 3. The number of fused-ring (bicyclic) bond motifs is 1. The molecule has 3 unspecified atom stereocenters. The summed E-state index contributed by atoms with van der Waals surface area (Å²) in [6.07, 6.45) is 11.8. The molecule has 1 aliphatic carbocycles. The van der Waals surface area contributed by atoms with Crippen molar-refractivity contribution in [3.8, 4) is 0 Å². The lowest BCUT2D eigenvalue weighted by atomic mass is 9.89. The molecule has 0 bridgehead atoms. The zero-order valence-electron chi connectivity index (χ0n) is 18.7. The summed E-state index contributed by atoms with van der Waals surface area (Å²) in [6, 6.07) is 9.17. The molecule has 1 aromatic carbocycles. The molecule has 0 amide bonds. The number of imidazole rings is 1. The highest BCUT2D eigenvalue weighted by molar-refractivity contribution is 14.0. The number of nitrogens with one attached hydrogen (secondary N) is 1. The Morgan fingerprint density at radius 3 is 2.97 bits per heavy atom. The average molecular weight is 537 g/mol. The predicted molar refractivity (Wildman–Crippen MR) is 136 cm³/mol. The van der Waals surface area contributed by atoms with Gasteiger partial charge in [-0.1, -0.05) is 31.2 Å². The van der Waals surface area contributed by atoms with Gasteiger partial charge in [0.1, 0.15) is 0 Å². The topological polar surface area (TPSA) is 54.7 Å². The highest BCUT2D eigenvalue weighted by Gasteiger charge is 2.28. The number of aryl methyl sites for hydroxylation is 1. The number of nitrogens with zero attached hydrogens (tertiary/aromatic N) is 4. The van der Waals surface area contributed by atoms with E-state index < -0.39 is 0 Å². The Labute approximate surface area is 203 Å². The fourth-order valence-electron chi connectivity index (χ4n) is 4.81. The lowest BCUT2D eigenvalue weighted by Gasteiger charge is -2.39. The summed E-state index contributed by atoms with van der Waals surface area (Å²) >= 11 is 0. The maximum atomic E-state index is 6.25. The number of aromatic nitrogens is 2. The molecule has 2 heterocycles. The number of benzene rings is 1. The van der Waals surface area contributed by atoms with Crippen molar-refractivity contribution in [1.29, 1.82) is 0 Å². The van der Waals surface area contributed by atoms with Crippen LogP contribution in [0, 0.1) is 5.92 Å². The molecule has 2 aliphatic rings. The van der Waals surface area contributed by atoms with Crippen molar-refractivity contribution in [2.45, 2.75) is 51.2 Å². The zero-order valence-corrected chi connectivity index (χ0v) is 21.1. The van der Waals surface area contributed by atoms with Crippen LogP contribution in [-0.2, 0) is 11.2 Å². The molecule has 0 saturated carbocycles. The molecular formula is C24H36IN5O. The van der Waals surface area contributed by atoms with E-state index in [9.17, 15) is 0 Å². The van der Waals surface area contributed by atoms with E-state index in [1.807, 2.05) is 19.6 Å². The molecule has 1 saturated heterocycles. The van der Waals surface area contributed by atoms with E-state index in [1.54, 1.807) is 0 Å². The second-order valence-corrected chi connectivity index (χ2v) is 8.57. The van der Waals surface area contributed by atoms with Crippen molar-refractivity contribution in [2.75, 3.05) is 33.3 Å². The lowest BCUT2D eigenvalue weighted by molar-refractivity contribution is 0.0397. The quantitative estimate of drug-likeness (QED) is 0.256. The molecule has 0 radical (unpaired) electrons. The first kappa shape index (κ1) is 24.0. The lowest BCUT2D eigenvalue weighted by Crippen LogP contribution is -2.49. The molecule has 2 aromatic rings. The van der Waals surface area contributed by atoms with E-state index in [4.69, 9.17) is 4.74 Å². The maximum absolute atomic E-state index is 6.25. The number of piperidine rings is 1. The molecule has 6 nitrogen and oxygen atoms in total. The average Bonchev–Trinajstić information content (AvgIpc) is 3.32. The van der Waals surface area contributed by atoms with Crippen LogP contribution >= 0.6 is 24.0 Å². The van der Waals surface area contributed by atoms with Crippen molar-refractivity contribution >= 4 is 29.9 Å². The van der Waals surface area contributed by atoms with Gasteiger partial charge in [-0.25, -0.2) is 4.98 Å². The summed E-state index contributed by atoms with van der Waals surface area (Å²) in [5, 5.41) is 3.55. The first-order valence-electron chi connectivity index (χ1n) is 11.4. The first-order chi connectivity index (χ1) is 14.8. The second kappa shape index (κ2) is 11.9. The largest absolute Gasteiger partial charge is 0.373 e. The van der Waals surface area contributed by atoms with E-state index in [0.717, 1.165) is 51.5 Å². The second-order valence-electron chi connectivity index (χ2n) is 8.57. The number of likely N-dealkylation sites (tertiary alicyclic amines) is 1. The van der Waals surface area contributed by atoms with E-state index in [-0.39, 0.29) is 30.1 Å². The van der Waals surface area contributed by atoms with Crippen LogP contribution in [0.25, 0.3) is 0 Å². The highest BCUT2D eigenvalue weighted by atomic mass is 127. The van der Waals surface area contributed by atoms with E-state index >= 15 is 0 Å². The summed E-state index contributed by atoms with van der Waals surface area (Å²) < 4.78 is 8.48. The fourth-order valence-corrected chi connectivity index (χ4v) is 4.81. The maximum Gasteiger partial charge on any atom is 0.193 e. The van der Waals surface area contributed by atoms with Gasteiger partial charge in [0.2, 0.25) is 0 Å². The third kappa shape index (κ3) is 6.00. The van der Waals surface area contributed by atoms with E-state index in [0.29, 0.717) is 12.0 Å². The van der Waals surface area contributed by atoms with Crippen LogP contribution in [-0.4, -0.2) is 53.7 Å². The minimum absolute atomic E-state index is 0. The Morgan fingerprint density at radius 2 is 2.16 bits per heavy atom. The summed E-state index contributed by atoms with van der Waals surface area (Å²) in [5.74, 6) is 1.63. The van der Waals surface area contributed by atoms with Crippen LogP contribution < -0.4 is 5.32 Å². The van der Waals surface area contributed by atoms with E-state index in [1.165, 1.54) is 24.0 Å². The molecule has 1 fully saturated rings. The Balaban J connectivity index is 0.00000272. The van der Waals surface area contributed by atoms with Gasteiger partial charge in [0.15, 0.2) is 5.96 Å². The fraction of sp³-hybridized carbons (Fsp3) is 0.583. The third-order valence-electron chi connectivity index (χ3n) is 6.58. The minimum Gasteiger partial charge on any atom is -0.373 e. The molecular weight excluding hydrogens is 501 g/mol. The van der Waals surface area contributed by atoms with Gasteiger partial charge in [-0.2, -0.15) is 0 Å². The Morgan fingerprint density at radius 1 is 1.29 bits per heavy atom. The van der Waals surface area contributed by atoms with Crippen molar-refractivity contribution < 1.29 is 4.74 Å². The molecule has 4 rings (SSSR count). The van der Waals surface area contributed by atoms with Gasteiger partial charge in [-0.15, -0.1) is 24.0 Å². The van der Waals surface area contributed by atoms with Crippen molar-refractivity contribution in [3.05, 3.63) is 54.1 Å². The summed E-state index contributed by atoms with van der Waals surface area (Å²) in [6.45, 7) is 5.99. The van der Waals surface area contributed by atoms with Gasteiger partial charge in [0.25, 0.3) is 0 Å². The van der Waals surface area contributed by atoms with Gasteiger partial charge in [-0.05, 0) is 49.1 Å². The summed E-state index contributed by atoms with van der Waals surface area (Å²) in [7, 11) is 1.88. The third-order valence-corrected chi connectivity index (χ3v) is 6.58. The van der Waals surface area contributed by atoms with Crippen LogP contribution in [0.3, 0.4) is 0 Å². The van der Waals surface area contributed by atoms with Crippen LogP contribution in [0.15, 0.2) is 48.0 Å². The first-order valence-corrected chi connectivity index (χ1v) is 11.4. The van der Waals surface area contributed by atoms with Crippen LogP contribution in [0.5, 0.6) is 0 Å². The molecule has 1 aromatic heterocycles.